The summed E-state index contributed by atoms with van der Waals surface area (Å²) in [5.41, 5.74) is 0.730. The molecule has 0 fully saturated rings. The highest BCUT2D eigenvalue weighted by molar-refractivity contribution is 5.39. The van der Waals surface area contributed by atoms with Gasteiger partial charge in [-0.2, -0.15) is 0 Å². The number of rotatable bonds is 1. The standard InChI is InChI=1S/C13H8O2/c1-3-12(14)8-5-11-6-9-13(10-7-11)15-4-2/h1-2,6-7,9-10,12,14H. The summed E-state index contributed by atoms with van der Waals surface area (Å²) >= 11 is 0. The molecule has 0 aliphatic heterocycles. The van der Waals surface area contributed by atoms with Crippen molar-refractivity contribution >= 4 is 0 Å². The molecule has 1 rings (SSSR count). The van der Waals surface area contributed by atoms with E-state index in [2.05, 4.69) is 23.9 Å². The van der Waals surface area contributed by atoms with Crippen LogP contribution in [0.2, 0.25) is 0 Å². The minimum Gasteiger partial charge on any atom is -0.408 e. The minimum atomic E-state index is -1.04. The lowest BCUT2D eigenvalue weighted by Gasteiger charge is -1.96. The van der Waals surface area contributed by atoms with Gasteiger partial charge in [-0.15, -0.1) is 6.42 Å². The van der Waals surface area contributed by atoms with Crippen LogP contribution in [0, 0.1) is 36.7 Å². The van der Waals surface area contributed by atoms with Crippen LogP contribution in [0.1, 0.15) is 5.56 Å². The van der Waals surface area contributed by atoms with Crippen LogP contribution in [0.15, 0.2) is 24.3 Å². The predicted molar refractivity (Wildman–Crippen MR) is 57.6 cm³/mol. The third kappa shape index (κ3) is 3.49. The molecule has 0 heterocycles. The first-order valence-electron chi connectivity index (χ1n) is 4.14. The molecule has 0 radical (unpaired) electrons. The number of hydrogen-bond acceptors (Lipinski definition) is 2. The summed E-state index contributed by atoms with van der Waals surface area (Å²) in [7, 11) is 0. The summed E-state index contributed by atoms with van der Waals surface area (Å²) in [6.45, 7) is 0. The van der Waals surface area contributed by atoms with Crippen molar-refractivity contribution < 1.29 is 9.84 Å². The lowest BCUT2D eigenvalue weighted by atomic mass is 10.2. The van der Waals surface area contributed by atoms with Gasteiger partial charge in [0.2, 0.25) is 0 Å². The summed E-state index contributed by atoms with van der Waals surface area (Å²) in [6.07, 6.45) is 10.9. The van der Waals surface area contributed by atoms with Crippen molar-refractivity contribution in [2.75, 3.05) is 0 Å². The topological polar surface area (TPSA) is 29.5 Å². The fraction of sp³-hybridized carbons (Fsp3) is 0.0769. The SMILES string of the molecule is C#COc1ccc(C#CC(O)C#C)cc1. The Morgan fingerprint density at radius 3 is 2.40 bits per heavy atom. The molecule has 1 aromatic rings. The van der Waals surface area contributed by atoms with E-state index in [4.69, 9.17) is 22.7 Å². The zero-order valence-electron chi connectivity index (χ0n) is 7.90. The van der Waals surface area contributed by atoms with E-state index in [1.54, 1.807) is 24.3 Å². The monoisotopic (exact) mass is 196 g/mol. The molecule has 1 N–H and O–H groups in total. The molecule has 0 saturated heterocycles. The van der Waals surface area contributed by atoms with E-state index in [9.17, 15) is 0 Å². The van der Waals surface area contributed by atoms with Crippen molar-refractivity contribution in [3.05, 3.63) is 29.8 Å². The van der Waals surface area contributed by atoms with Crippen molar-refractivity contribution in [1.82, 2.24) is 0 Å². The number of aliphatic hydroxyl groups excluding tert-OH is 1. The van der Waals surface area contributed by atoms with E-state index in [0.29, 0.717) is 5.75 Å². The Balaban J connectivity index is 2.77. The van der Waals surface area contributed by atoms with Crippen LogP contribution in [0.4, 0.5) is 0 Å². The Kier molecular flexibility index (Phi) is 3.87. The molecule has 1 atom stereocenters. The summed E-state index contributed by atoms with van der Waals surface area (Å²) < 4.78 is 4.81. The third-order valence-electron chi connectivity index (χ3n) is 1.54. The van der Waals surface area contributed by atoms with Gasteiger partial charge in [0.15, 0.2) is 6.10 Å². The summed E-state index contributed by atoms with van der Waals surface area (Å²) in [4.78, 5) is 0. The van der Waals surface area contributed by atoms with E-state index in [1.165, 1.54) is 0 Å². The van der Waals surface area contributed by atoms with E-state index in [0.717, 1.165) is 5.56 Å². The summed E-state index contributed by atoms with van der Waals surface area (Å²) in [5, 5.41) is 9.00. The van der Waals surface area contributed by atoms with Gasteiger partial charge < -0.3 is 9.84 Å². The van der Waals surface area contributed by atoms with Gasteiger partial charge in [0.25, 0.3) is 0 Å². The molecule has 1 aromatic carbocycles. The molecular formula is C13H8O2. The second-order valence-corrected chi connectivity index (χ2v) is 2.58. The van der Waals surface area contributed by atoms with Gasteiger partial charge in [-0.3, -0.25) is 0 Å². The van der Waals surface area contributed by atoms with Gasteiger partial charge in [0, 0.05) is 5.56 Å². The molecule has 72 valence electrons. The van der Waals surface area contributed by atoms with Gasteiger partial charge in [-0.1, -0.05) is 24.2 Å². The Morgan fingerprint density at radius 1 is 1.20 bits per heavy atom. The molecule has 0 aromatic heterocycles. The van der Waals surface area contributed by atoms with Crippen molar-refractivity contribution in [3.63, 3.8) is 0 Å². The second-order valence-electron chi connectivity index (χ2n) is 2.58. The zero-order valence-corrected chi connectivity index (χ0v) is 7.90. The lowest BCUT2D eigenvalue weighted by Crippen LogP contribution is -1.96. The van der Waals surface area contributed by atoms with E-state index < -0.39 is 6.10 Å². The van der Waals surface area contributed by atoms with Crippen molar-refractivity contribution in [1.29, 1.82) is 0 Å². The number of ether oxygens (including phenoxy) is 1. The molecule has 2 heteroatoms. The Hall–Kier alpha value is -2.34. The average molecular weight is 196 g/mol. The zero-order chi connectivity index (χ0) is 11.1. The van der Waals surface area contributed by atoms with Gasteiger partial charge in [-0.25, -0.2) is 0 Å². The molecule has 0 spiro atoms. The van der Waals surface area contributed by atoms with Crippen molar-refractivity contribution in [2.45, 2.75) is 6.10 Å². The number of terminal acetylenes is 2. The number of hydrogen-bond donors (Lipinski definition) is 1. The van der Waals surface area contributed by atoms with Crippen LogP contribution < -0.4 is 4.74 Å². The largest absolute Gasteiger partial charge is 0.408 e. The molecule has 0 amide bonds. The van der Waals surface area contributed by atoms with E-state index in [-0.39, 0.29) is 0 Å². The average Bonchev–Trinajstić information content (AvgIpc) is 2.28. The molecule has 0 bridgehead atoms. The first-order valence-corrected chi connectivity index (χ1v) is 4.14. The highest BCUT2D eigenvalue weighted by Crippen LogP contribution is 2.10. The maximum Gasteiger partial charge on any atom is 0.176 e. The Morgan fingerprint density at radius 2 is 1.87 bits per heavy atom. The molecule has 1 unspecified atom stereocenters. The molecule has 0 saturated carbocycles. The van der Waals surface area contributed by atoms with Gasteiger partial charge in [0.05, 0.1) is 0 Å². The fourth-order valence-corrected chi connectivity index (χ4v) is 0.868. The maximum absolute atomic E-state index is 9.00. The van der Waals surface area contributed by atoms with E-state index >= 15 is 0 Å². The number of benzene rings is 1. The quantitative estimate of drug-likeness (QED) is 0.679. The van der Waals surface area contributed by atoms with Crippen molar-refractivity contribution in [3.8, 4) is 42.5 Å². The first-order chi connectivity index (χ1) is 7.26. The van der Waals surface area contributed by atoms with Crippen LogP contribution in [-0.2, 0) is 0 Å². The van der Waals surface area contributed by atoms with Crippen LogP contribution in [0.3, 0.4) is 0 Å². The van der Waals surface area contributed by atoms with Gasteiger partial charge in [0.1, 0.15) is 11.9 Å². The van der Waals surface area contributed by atoms with Crippen LogP contribution >= 0.6 is 0 Å². The third-order valence-corrected chi connectivity index (χ3v) is 1.54. The van der Waals surface area contributed by atoms with Crippen LogP contribution in [-0.4, -0.2) is 11.2 Å². The minimum absolute atomic E-state index is 0.570. The van der Waals surface area contributed by atoms with Crippen molar-refractivity contribution in [2.24, 2.45) is 0 Å². The summed E-state index contributed by atoms with van der Waals surface area (Å²) in [5.74, 6) is 7.87. The van der Waals surface area contributed by atoms with Crippen LogP contribution in [0.25, 0.3) is 0 Å². The lowest BCUT2D eigenvalue weighted by molar-refractivity contribution is 0.290. The Labute approximate surface area is 88.9 Å². The van der Waals surface area contributed by atoms with Crippen LogP contribution in [0.5, 0.6) is 5.75 Å². The van der Waals surface area contributed by atoms with E-state index in [1.807, 2.05) is 0 Å². The van der Waals surface area contributed by atoms with Gasteiger partial charge >= 0.3 is 0 Å². The Bertz CT molecular complexity index is 460. The van der Waals surface area contributed by atoms with Gasteiger partial charge in [-0.05, 0) is 24.3 Å². The normalized spacial score (nSPS) is 10.1. The second kappa shape index (κ2) is 5.40. The highest BCUT2D eigenvalue weighted by Gasteiger charge is 1.92. The summed E-state index contributed by atoms with van der Waals surface area (Å²) in [6, 6.07) is 6.82. The molecular weight excluding hydrogens is 188 g/mol. The molecule has 2 nitrogen and oxygen atoms in total. The number of aliphatic hydroxyl groups is 1. The first kappa shape index (κ1) is 10.7. The predicted octanol–water partition coefficient (Wildman–Crippen LogP) is 1.00. The highest BCUT2D eigenvalue weighted by atomic mass is 16.5. The smallest absolute Gasteiger partial charge is 0.176 e. The fourth-order valence-electron chi connectivity index (χ4n) is 0.868. The molecule has 0 aliphatic carbocycles. The maximum atomic E-state index is 9.00. The molecule has 0 aliphatic rings. The molecule has 15 heavy (non-hydrogen) atoms.